The fourth-order valence-corrected chi connectivity index (χ4v) is 1.84. The number of carbonyl (C=O) groups excluding carboxylic acids is 2. The molecule has 0 unspecified atom stereocenters. The van der Waals surface area contributed by atoms with E-state index in [1.165, 1.54) is 13.3 Å². The molecule has 0 spiro atoms. The first-order chi connectivity index (χ1) is 6.20. The van der Waals surface area contributed by atoms with Gasteiger partial charge in [-0.15, -0.1) is 0 Å². The quantitative estimate of drug-likeness (QED) is 0.612. The van der Waals surface area contributed by atoms with Crippen molar-refractivity contribution in [3.63, 3.8) is 0 Å². The van der Waals surface area contributed by atoms with E-state index in [0.717, 1.165) is 25.7 Å². The first-order valence-electron chi connectivity index (χ1n) is 4.59. The summed E-state index contributed by atoms with van der Waals surface area (Å²) in [6.07, 6.45) is 5.24. The highest BCUT2D eigenvalue weighted by atomic mass is 32.2. The van der Waals surface area contributed by atoms with Crippen LogP contribution in [0.2, 0.25) is 0 Å². The molecule has 0 N–H and O–H groups in total. The van der Waals surface area contributed by atoms with Gasteiger partial charge in [0.1, 0.15) is 12.0 Å². The average Bonchev–Trinajstić information content (AvgIpc) is 2.15. The SMILES string of the molecule is CC(=O)SOC(=O)C1CCCCC1. The monoisotopic (exact) mass is 202 g/mol. The minimum Gasteiger partial charge on any atom is -0.383 e. The van der Waals surface area contributed by atoms with Gasteiger partial charge in [0.15, 0.2) is 0 Å². The molecular weight excluding hydrogens is 188 g/mol. The molecule has 0 aromatic heterocycles. The highest BCUT2D eigenvalue weighted by molar-refractivity contribution is 8.09. The van der Waals surface area contributed by atoms with Crippen molar-refractivity contribution in [1.82, 2.24) is 0 Å². The van der Waals surface area contributed by atoms with Gasteiger partial charge < -0.3 is 4.18 Å². The van der Waals surface area contributed by atoms with Crippen LogP contribution in [-0.4, -0.2) is 11.1 Å². The fraction of sp³-hybridized carbons (Fsp3) is 0.778. The van der Waals surface area contributed by atoms with Gasteiger partial charge in [-0.25, -0.2) is 0 Å². The van der Waals surface area contributed by atoms with Gasteiger partial charge in [0.25, 0.3) is 0 Å². The lowest BCUT2D eigenvalue weighted by molar-refractivity contribution is -0.139. The summed E-state index contributed by atoms with van der Waals surface area (Å²) in [5.74, 6) is -0.194. The van der Waals surface area contributed by atoms with E-state index in [-0.39, 0.29) is 17.0 Å². The smallest absolute Gasteiger partial charge is 0.321 e. The molecule has 0 heterocycles. The van der Waals surface area contributed by atoms with Crippen LogP contribution in [-0.2, 0) is 13.8 Å². The van der Waals surface area contributed by atoms with E-state index >= 15 is 0 Å². The van der Waals surface area contributed by atoms with Gasteiger partial charge in [-0.2, -0.15) is 0 Å². The first kappa shape index (κ1) is 10.6. The van der Waals surface area contributed by atoms with Crippen molar-refractivity contribution < 1.29 is 13.8 Å². The topological polar surface area (TPSA) is 43.4 Å². The standard InChI is InChI=1S/C9H14O3S/c1-7(10)13-12-9(11)8-5-3-2-4-6-8/h8H,2-6H2,1H3. The normalized spacial score (nSPS) is 18.2. The Labute approximate surface area is 82.4 Å². The zero-order valence-corrected chi connectivity index (χ0v) is 8.56. The molecule has 1 aliphatic carbocycles. The number of carbonyl (C=O) groups is 2. The molecule has 13 heavy (non-hydrogen) atoms. The van der Waals surface area contributed by atoms with Crippen LogP contribution < -0.4 is 0 Å². The van der Waals surface area contributed by atoms with Gasteiger partial charge in [-0.3, -0.25) is 9.59 Å². The second kappa shape index (κ2) is 5.27. The second-order valence-corrected chi connectivity index (χ2v) is 4.22. The van der Waals surface area contributed by atoms with E-state index < -0.39 is 0 Å². The molecule has 3 nitrogen and oxygen atoms in total. The van der Waals surface area contributed by atoms with Crippen LogP contribution in [0.4, 0.5) is 0 Å². The maximum atomic E-state index is 11.3. The highest BCUT2D eigenvalue weighted by Crippen LogP contribution is 2.25. The Hall–Kier alpha value is -0.510. The second-order valence-electron chi connectivity index (χ2n) is 3.31. The van der Waals surface area contributed by atoms with Gasteiger partial charge >= 0.3 is 5.97 Å². The number of hydrogen-bond acceptors (Lipinski definition) is 4. The Kier molecular flexibility index (Phi) is 4.28. The zero-order valence-electron chi connectivity index (χ0n) is 7.75. The van der Waals surface area contributed by atoms with E-state index in [1.54, 1.807) is 0 Å². The van der Waals surface area contributed by atoms with E-state index in [9.17, 15) is 9.59 Å². The maximum Gasteiger partial charge on any atom is 0.321 e. The summed E-state index contributed by atoms with van der Waals surface area (Å²) in [4.78, 5) is 21.8. The van der Waals surface area contributed by atoms with Gasteiger partial charge in [0, 0.05) is 6.92 Å². The Morgan fingerprint density at radius 1 is 1.23 bits per heavy atom. The molecular formula is C9H14O3S. The zero-order chi connectivity index (χ0) is 9.68. The summed E-state index contributed by atoms with van der Waals surface area (Å²) < 4.78 is 4.77. The molecule has 0 aromatic rings. The largest absolute Gasteiger partial charge is 0.383 e. The molecule has 1 rings (SSSR count). The van der Waals surface area contributed by atoms with Gasteiger partial charge in [0.05, 0.1) is 5.92 Å². The van der Waals surface area contributed by atoms with Crippen molar-refractivity contribution in [2.45, 2.75) is 39.0 Å². The van der Waals surface area contributed by atoms with Gasteiger partial charge in [-0.1, -0.05) is 19.3 Å². The molecule has 74 valence electrons. The van der Waals surface area contributed by atoms with Crippen LogP contribution in [0.1, 0.15) is 39.0 Å². The summed E-state index contributed by atoms with van der Waals surface area (Å²) in [6.45, 7) is 1.39. The van der Waals surface area contributed by atoms with Crippen LogP contribution in [0, 0.1) is 5.92 Å². The first-order valence-corrected chi connectivity index (χ1v) is 5.33. The highest BCUT2D eigenvalue weighted by Gasteiger charge is 2.23. The molecule has 0 aromatic carbocycles. The Morgan fingerprint density at radius 3 is 2.38 bits per heavy atom. The maximum absolute atomic E-state index is 11.3. The molecule has 0 aliphatic heterocycles. The summed E-state index contributed by atoms with van der Waals surface area (Å²) in [5, 5.41) is -0.177. The Balaban J connectivity index is 2.25. The minimum atomic E-state index is -0.222. The molecule has 1 saturated carbocycles. The Morgan fingerprint density at radius 2 is 1.85 bits per heavy atom. The number of rotatable bonds is 1. The van der Waals surface area contributed by atoms with E-state index in [4.69, 9.17) is 4.18 Å². The summed E-state index contributed by atoms with van der Waals surface area (Å²) in [5.41, 5.74) is 0. The third-order valence-corrected chi connectivity index (χ3v) is 2.66. The van der Waals surface area contributed by atoms with Gasteiger partial charge in [-0.05, 0) is 12.8 Å². The molecule has 0 radical (unpaired) electrons. The Bertz CT molecular complexity index is 197. The third-order valence-electron chi connectivity index (χ3n) is 2.18. The van der Waals surface area contributed by atoms with Crippen molar-refractivity contribution in [3.05, 3.63) is 0 Å². The van der Waals surface area contributed by atoms with Crippen LogP contribution >= 0.6 is 12.0 Å². The predicted molar refractivity (Wildman–Crippen MR) is 50.9 cm³/mol. The van der Waals surface area contributed by atoms with Crippen LogP contribution in [0.25, 0.3) is 0 Å². The molecule has 1 fully saturated rings. The molecule has 0 saturated heterocycles. The van der Waals surface area contributed by atoms with Crippen molar-refractivity contribution in [3.8, 4) is 0 Å². The molecule has 0 amide bonds. The number of hydrogen-bond donors (Lipinski definition) is 0. The van der Waals surface area contributed by atoms with E-state index in [2.05, 4.69) is 0 Å². The van der Waals surface area contributed by atoms with Gasteiger partial charge in [0.2, 0.25) is 5.12 Å². The molecule has 0 bridgehead atoms. The van der Waals surface area contributed by atoms with Crippen LogP contribution in [0.5, 0.6) is 0 Å². The predicted octanol–water partition coefficient (Wildman–Crippen LogP) is 2.30. The van der Waals surface area contributed by atoms with Crippen molar-refractivity contribution in [1.29, 1.82) is 0 Å². The molecule has 1 aliphatic rings. The fourth-order valence-electron chi connectivity index (χ4n) is 1.51. The lowest BCUT2D eigenvalue weighted by atomic mass is 9.90. The lowest BCUT2D eigenvalue weighted by Gasteiger charge is -2.18. The van der Waals surface area contributed by atoms with Crippen LogP contribution in [0.15, 0.2) is 0 Å². The van der Waals surface area contributed by atoms with Crippen LogP contribution in [0.3, 0.4) is 0 Å². The molecule has 4 heteroatoms. The summed E-state index contributed by atoms with van der Waals surface area (Å²) in [6, 6.07) is 0. The van der Waals surface area contributed by atoms with Crippen molar-refractivity contribution in [2.24, 2.45) is 5.92 Å². The minimum absolute atomic E-state index is 0.0283. The van der Waals surface area contributed by atoms with E-state index in [0.29, 0.717) is 12.0 Å². The van der Waals surface area contributed by atoms with E-state index in [1.807, 2.05) is 0 Å². The molecule has 0 atom stereocenters. The lowest BCUT2D eigenvalue weighted by Crippen LogP contribution is -2.18. The van der Waals surface area contributed by atoms with Crippen molar-refractivity contribution in [2.75, 3.05) is 0 Å². The summed E-state index contributed by atoms with van der Waals surface area (Å²) >= 11 is 0.645. The average molecular weight is 202 g/mol. The third kappa shape index (κ3) is 3.81. The van der Waals surface area contributed by atoms with Crippen molar-refractivity contribution >= 4 is 23.1 Å². The summed E-state index contributed by atoms with van der Waals surface area (Å²) in [7, 11) is 0.